The maximum absolute atomic E-state index is 10.1. The van der Waals surface area contributed by atoms with Crippen molar-refractivity contribution in [1.29, 1.82) is 0 Å². The van der Waals surface area contributed by atoms with E-state index in [-0.39, 0.29) is 26.4 Å². The minimum Gasteiger partial charge on any atom is -0.402 e. The van der Waals surface area contributed by atoms with Gasteiger partial charge in [0.25, 0.3) is 0 Å². The Morgan fingerprint density at radius 2 is 1.64 bits per heavy atom. The van der Waals surface area contributed by atoms with Crippen LogP contribution in [0.1, 0.15) is 0 Å². The number of hydrogen-bond donors (Lipinski definition) is 4. The van der Waals surface area contributed by atoms with Gasteiger partial charge in [0, 0.05) is 0 Å². The fraction of sp³-hybridized carbons (Fsp3) is 1.00. The molecule has 14 heavy (non-hydrogen) atoms. The van der Waals surface area contributed by atoms with Crippen molar-refractivity contribution in [3.05, 3.63) is 0 Å². The van der Waals surface area contributed by atoms with Crippen molar-refractivity contribution >= 4 is 15.1 Å². The van der Waals surface area contributed by atoms with E-state index in [9.17, 15) is 4.57 Å². The van der Waals surface area contributed by atoms with Crippen LogP contribution in [-0.4, -0.2) is 53.6 Å². The third-order valence-corrected chi connectivity index (χ3v) is 1.50. The van der Waals surface area contributed by atoms with Crippen molar-refractivity contribution in [2.24, 2.45) is 0 Å². The average molecular weight is 230 g/mol. The minimum atomic E-state index is -4.43. The predicted molar refractivity (Wildman–Crippen MR) is 45.0 cm³/mol. The molecule has 0 aromatic heterocycles. The number of phosphoric ester groups is 1. The molecule has 0 aliphatic heterocycles. The lowest BCUT2D eigenvalue weighted by molar-refractivity contribution is 0.0553. The summed E-state index contributed by atoms with van der Waals surface area (Å²) in [5, 5.41) is 16.4. The van der Waals surface area contributed by atoms with Gasteiger partial charge in [-0.15, -0.1) is 0 Å². The molecule has 0 rings (SSSR count). The molecule has 0 aliphatic rings. The molecule has 0 radical (unpaired) electrons. The van der Waals surface area contributed by atoms with Gasteiger partial charge in [0.1, 0.15) is 0 Å². The van der Waals surface area contributed by atoms with Crippen LogP contribution in [0.25, 0.3) is 0 Å². The summed E-state index contributed by atoms with van der Waals surface area (Å²) >= 11 is 0. The van der Waals surface area contributed by atoms with Gasteiger partial charge >= 0.3 is 15.1 Å². The second-order valence-electron chi connectivity index (χ2n) is 2.13. The van der Waals surface area contributed by atoms with Crippen LogP contribution in [0.4, 0.5) is 0 Å². The first-order valence-electron chi connectivity index (χ1n) is 3.67. The molecule has 0 aromatic carbocycles. The van der Waals surface area contributed by atoms with Gasteiger partial charge in [0.15, 0.2) is 0 Å². The first-order chi connectivity index (χ1) is 6.42. The molecule has 0 unspecified atom stereocenters. The topological polar surface area (TPSA) is 126 Å². The molecule has 0 amide bonds. The van der Waals surface area contributed by atoms with Gasteiger partial charge in [0.2, 0.25) is 0 Å². The summed E-state index contributed by atoms with van der Waals surface area (Å²) in [6, 6.07) is 0. The van der Waals surface area contributed by atoms with Crippen molar-refractivity contribution in [2.75, 3.05) is 26.4 Å². The Morgan fingerprint density at radius 1 is 1.07 bits per heavy atom. The first-order valence-corrected chi connectivity index (χ1v) is 5.20. The standard InChI is InChI=1S/C4H12BO8P/c6-5(7)12-3-1-11-2-4-13-14(8,9)10/h6-7H,1-4H2,(H2,8,9,10). The van der Waals surface area contributed by atoms with Crippen LogP contribution in [-0.2, 0) is 18.5 Å². The molecule has 8 nitrogen and oxygen atoms in total. The molecule has 0 saturated heterocycles. The van der Waals surface area contributed by atoms with Gasteiger partial charge < -0.3 is 29.2 Å². The van der Waals surface area contributed by atoms with Crippen molar-refractivity contribution in [2.45, 2.75) is 0 Å². The fourth-order valence-corrected chi connectivity index (χ4v) is 0.842. The summed E-state index contributed by atoms with van der Waals surface area (Å²) in [5.41, 5.74) is 0. The summed E-state index contributed by atoms with van der Waals surface area (Å²) in [4.78, 5) is 16.5. The molecule has 0 heterocycles. The summed E-state index contributed by atoms with van der Waals surface area (Å²) in [7, 11) is -6.27. The van der Waals surface area contributed by atoms with Crippen LogP contribution < -0.4 is 0 Å². The number of ether oxygens (including phenoxy) is 1. The smallest absolute Gasteiger partial charge is 0.402 e. The van der Waals surface area contributed by atoms with Crippen LogP contribution in [0.5, 0.6) is 0 Å². The Morgan fingerprint density at radius 3 is 2.14 bits per heavy atom. The van der Waals surface area contributed by atoms with Crippen LogP contribution >= 0.6 is 7.82 Å². The Kier molecular flexibility index (Phi) is 7.33. The quantitative estimate of drug-likeness (QED) is 0.216. The van der Waals surface area contributed by atoms with E-state index in [0.717, 1.165) is 0 Å². The molecule has 0 saturated carbocycles. The molecule has 0 atom stereocenters. The normalized spacial score (nSPS) is 11.7. The van der Waals surface area contributed by atoms with Gasteiger partial charge in [0.05, 0.1) is 26.4 Å². The van der Waals surface area contributed by atoms with E-state index in [4.69, 9.17) is 24.6 Å². The lowest BCUT2D eigenvalue weighted by Gasteiger charge is -2.06. The molecule has 4 N–H and O–H groups in total. The summed E-state index contributed by atoms with van der Waals surface area (Å²) in [6.45, 7) is -0.225. The van der Waals surface area contributed by atoms with Crippen molar-refractivity contribution in [3.63, 3.8) is 0 Å². The third kappa shape index (κ3) is 12.0. The largest absolute Gasteiger partial charge is 0.633 e. The second-order valence-corrected chi connectivity index (χ2v) is 3.37. The van der Waals surface area contributed by atoms with Gasteiger partial charge in [-0.2, -0.15) is 0 Å². The molecule has 0 aromatic rings. The average Bonchev–Trinajstić information content (AvgIpc) is 2.00. The second kappa shape index (κ2) is 7.33. The van der Waals surface area contributed by atoms with E-state index in [1.807, 2.05) is 0 Å². The zero-order valence-electron chi connectivity index (χ0n) is 7.27. The molecule has 10 heteroatoms. The molecule has 0 spiro atoms. The van der Waals surface area contributed by atoms with Crippen molar-refractivity contribution in [1.82, 2.24) is 0 Å². The highest BCUT2D eigenvalue weighted by Gasteiger charge is 2.12. The summed E-state index contributed by atoms with van der Waals surface area (Å²) < 4.78 is 23.2. The maximum atomic E-state index is 10.1. The van der Waals surface area contributed by atoms with Crippen molar-refractivity contribution < 1.29 is 38.3 Å². The van der Waals surface area contributed by atoms with Gasteiger partial charge in [-0.25, -0.2) is 4.57 Å². The van der Waals surface area contributed by atoms with Gasteiger partial charge in [-0.3, -0.25) is 4.52 Å². The van der Waals surface area contributed by atoms with Crippen molar-refractivity contribution in [3.8, 4) is 0 Å². The van der Waals surface area contributed by atoms with E-state index in [2.05, 4.69) is 9.18 Å². The summed E-state index contributed by atoms with van der Waals surface area (Å²) in [5.74, 6) is 0. The fourth-order valence-electron chi connectivity index (χ4n) is 0.530. The Hall–Kier alpha value is 0.0149. The molecular formula is C4H12BO8P. The third-order valence-electron chi connectivity index (χ3n) is 0.982. The van der Waals surface area contributed by atoms with Crippen LogP contribution in [0.15, 0.2) is 0 Å². The number of rotatable bonds is 8. The van der Waals surface area contributed by atoms with Gasteiger partial charge in [-0.05, 0) is 0 Å². The summed E-state index contributed by atoms with van der Waals surface area (Å²) in [6.07, 6.45) is 0. The number of hydrogen-bond acceptors (Lipinski definition) is 6. The monoisotopic (exact) mass is 230 g/mol. The lowest BCUT2D eigenvalue weighted by Crippen LogP contribution is -2.20. The minimum absolute atomic E-state index is 0.0179. The zero-order chi connectivity index (χ0) is 11.0. The number of phosphoric acid groups is 1. The first kappa shape index (κ1) is 14.0. The molecule has 0 fully saturated rings. The SMILES string of the molecule is O=P(O)(O)OCCOCCOB(O)O. The predicted octanol–water partition coefficient (Wildman–Crippen LogP) is -1.90. The Labute approximate surface area is 80.8 Å². The van der Waals surface area contributed by atoms with Crippen LogP contribution in [0, 0.1) is 0 Å². The molecular weight excluding hydrogens is 218 g/mol. The van der Waals surface area contributed by atoms with E-state index in [1.54, 1.807) is 0 Å². The van der Waals surface area contributed by atoms with Crippen LogP contribution in [0.3, 0.4) is 0 Å². The highest BCUT2D eigenvalue weighted by molar-refractivity contribution is 7.46. The van der Waals surface area contributed by atoms with E-state index in [1.165, 1.54) is 0 Å². The van der Waals surface area contributed by atoms with E-state index in [0.29, 0.717) is 0 Å². The van der Waals surface area contributed by atoms with Gasteiger partial charge in [-0.1, -0.05) is 0 Å². The molecule has 0 bridgehead atoms. The lowest BCUT2D eigenvalue weighted by atomic mass is 10.3. The highest BCUT2D eigenvalue weighted by Crippen LogP contribution is 2.35. The zero-order valence-corrected chi connectivity index (χ0v) is 8.17. The Balaban J connectivity index is 3.11. The Bertz CT molecular complexity index is 180. The van der Waals surface area contributed by atoms with Crippen LogP contribution in [0.2, 0.25) is 0 Å². The van der Waals surface area contributed by atoms with E-state index >= 15 is 0 Å². The molecule has 0 aliphatic carbocycles. The molecule has 84 valence electrons. The highest BCUT2D eigenvalue weighted by atomic mass is 31.2. The maximum Gasteiger partial charge on any atom is 0.633 e. The van der Waals surface area contributed by atoms with E-state index < -0.39 is 15.1 Å².